The molecule has 4 heterocycles. The van der Waals surface area contributed by atoms with Gasteiger partial charge in [0.25, 0.3) is 0 Å². The van der Waals surface area contributed by atoms with Gasteiger partial charge in [-0.3, -0.25) is 9.13 Å². The molecule has 0 unspecified atom stereocenters. The SMILES string of the molecule is O=c1n(C2CCOCC2)cc(-c2ccnc(NC3CCC(N4CCCS4(=O)=O)CC3)n2)n1-c1cccc(Cl)c1. The van der Waals surface area contributed by atoms with E-state index in [2.05, 4.69) is 10.3 Å². The number of rotatable bonds is 6. The number of sulfonamides is 1. The molecule has 208 valence electrons. The van der Waals surface area contributed by atoms with Crippen LogP contribution < -0.4 is 11.0 Å². The van der Waals surface area contributed by atoms with E-state index in [-0.39, 0.29) is 29.6 Å². The van der Waals surface area contributed by atoms with Gasteiger partial charge in [-0.05, 0) is 69.2 Å². The molecule has 3 fully saturated rings. The van der Waals surface area contributed by atoms with Crippen LogP contribution in [0, 0.1) is 0 Å². The van der Waals surface area contributed by atoms with Crippen LogP contribution in [0.1, 0.15) is 51.0 Å². The number of nitrogens with one attached hydrogen (secondary N) is 1. The summed E-state index contributed by atoms with van der Waals surface area (Å²) in [6.07, 6.45) is 9.18. The Morgan fingerprint density at radius 2 is 1.82 bits per heavy atom. The minimum atomic E-state index is -3.10. The summed E-state index contributed by atoms with van der Waals surface area (Å²) in [4.78, 5) is 23.0. The number of imidazole rings is 1. The zero-order valence-corrected chi connectivity index (χ0v) is 23.3. The van der Waals surface area contributed by atoms with Crippen LogP contribution in [0.15, 0.2) is 47.5 Å². The molecule has 2 saturated heterocycles. The number of anilines is 1. The van der Waals surface area contributed by atoms with Crippen LogP contribution in [0.2, 0.25) is 5.02 Å². The fourth-order valence-electron chi connectivity index (χ4n) is 6.06. The molecule has 0 amide bonds. The third-order valence-corrected chi connectivity index (χ3v) is 10.3. The Morgan fingerprint density at radius 1 is 1.03 bits per heavy atom. The second kappa shape index (κ2) is 11.0. The molecule has 6 rings (SSSR count). The van der Waals surface area contributed by atoms with Gasteiger partial charge in [-0.2, -0.15) is 4.31 Å². The van der Waals surface area contributed by atoms with Crippen molar-refractivity contribution in [2.45, 2.75) is 63.1 Å². The van der Waals surface area contributed by atoms with Gasteiger partial charge in [-0.25, -0.2) is 23.2 Å². The lowest BCUT2D eigenvalue weighted by Gasteiger charge is -2.33. The van der Waals surface area contributed by atoms with Gasteiger partial charge in [0.05, 0.1) is 22.8 Å². The summed E-state index contributed by atoms with van der Waals surface area (Å²) in [5, 5.41) is 4.00. The highest BCUT2D eigenvalue weighted by atomic mass is 35.5. The Hall–Kier alpha value is -2.73. The standard InChI is InChI=1S/C27H33ClN6O4S/c28-19-3-1-4-23(17-19)34-25(18-32(27(34)35)21-10-14-38-15-11-21)24-9-12-29-26(31-24)30-20-5-7-22(8-6-20)33-13-2-16-39(33,36)37/h1,3-4,9,12,17-18,20-22H,2,5-8,10-11,13-16H2,(H,29,30,31). The van der Waals surface area contributed by atoms with Crippen LogP contribution in [0.3, 0.4) is 0 Å². The van der Waals surface area contributed by atoms with Gasteiger partial charge in [-0.1, -0.05) is 17.7 Å². The molecule has 1 saturated carbocycles. The maximum absolute atomic E-state index is 13.7. The van der Waals surface area contributed by atoms with Crippen molar-refractivity contribution in [1.29, 1.82) is 0 Å². The highest BCUT2D eigenvalue weighted by Crippen LogP contribution is 2.30. The molecule has 1 aliphatic carbocycles. The maximum Gasteiger partial charge on any atom is 0.333 e. The third-order valence-electron chi connectivity index (χ3n) is 8.06. The number of benzene rings is 1. The molecule has 39 heavy (non-hydrogen) atoms. The number of hydrogen-bond acceptors (Lipinski definition) is 7. The number of ether oxygens (including phenoxy) is 1. The van der Waals surface area contributed by atoms with Gasteiger partial charge in [0.2, 0.25) is 16.0 Å². The number of aromatic nitrogens is 4. The van der Waals surface area contributed by atoms with E-state index in [1.54, 1.807) is 31.8 Å². The average Bonchev–Trinajstić information content (AvgIpc) is 3.48. The maximum atomic E-state index is 13.7. The summed E-state index contributed by atoms with van der Waals surface area (Å²) in [6, 6.07) is 9.36. The molecule has 10 nitrogen and oxygen atoms in total. The second-order valence-corrected chi connectivity index (χ2v) is 13.0. The minimum absolute atomic E-state index is 0.0551. The second-order valence-electron chi connectivity index (χ2n) is 10.6. The summed E-state index contributed by atoms with van der Waals surface area (Å²) in [5.41, 5.74) is 1.84. The molecule has 2 aliphatic heterocycles. The smallest absolute Gasteiger partial charge is 0.333 e. The summed E-state index contributed by atoms with van der Waals surface area (Å²) < 4.78 is 35.3. The molecule has 0 atom stereocenters. The molecule has 2 aromatic heterocycles. The van der Waals surface area contributed by atoms with Gasteiger partial charge >= 0.3 is 5.69 Å². The quantitative estimate of drug-likeness (QED) is 0.477. The molecule has 0 radical (unpaired) electrons. The van der Waals surface area contributed by atoms with Crippen LogP contribution in [-0.2, 0) is 14.8 Å². The van der Waals surface area contributed by atoms with Crippen molar-refractivity contribution in [3.8, 4) is 17.1 Å². The van der Waals surface area contributed by atoms with Crippen molar-refractivity contribution in [3.63, 3.8) is 0 Å². The Bertz CT molecular complexity index is 1490. The van der Waals surface area contributed by atoms with E-state index in [0.717, 1.165) is 44.9 Å². The Morgan fingerprint density at radius 3 is 2.54 bits per heavy atom. The van der Waals surface area contributed by atoms with Crippen molar-refractivity contribution in [1.82, 2.24) is 23.4 Å². The fourth-order valence-corrected chi connectivity index (χ4v) is 8.05. The monoisotopic (exact) mass is 572 g/mol. The first-order valence-electron chi connectivity index (χ1n) is 13.7. The van der Waals surface area contributed by atoms with Gasteiger partial charge in [0.15, 0.2) is 0 Å². The fraction of sp³-hybridized carbons (Fsp3) is 0.519. The molecule has 1 N–H and O–H groups in total. The molecule has 0 spiro atoms. The van der Waals surface area contributed by atoms with Gasteiger partial charge in [-0.15, -0.1) is 0 Å². The zero-order chi connectivity index (χ0) is 27.0. The number of halogens is 1. The Labute approximate surface area is 233 Å². The molecule has 0 bridgehead atoms. The summed E-state index contributed by atoms with van der Waals surface area (Å²) >= 11 is 6.29. The normalized spacial score (nSPS) is 24.1. The van der Waals surface area contributed by atoms with Crippen LogP contribution >= 0.6 is 11.6 Å². The zero-order valence-electron chi connectivity index (χ0n) is 21.7. The molecular weight excluding hydrogens is 540 g/mol. The third kappa shape index (κ3) is 5.50. The molecular formula is C27H33ClN6O4S. The van der Waals surface area contributed by atoms with E-state index in [4.69, 9.17) is 21.3 Å². The van der Waals surface area contributed by atoms with Gasteiger partial charge in [0, 0.05) is 55.3 Å². The summed E-state index contributed by atoms with van der Waals surface area (Å²) in [7, 11) is -3.10. The first-order chi connectivity index (χ1) is 18.9. The number of nitrogens with zero attached hydrogens (tertiary/aromatic N) is 5. The van der Waals surface area contributed by atoms with E-state index in [1.807, 2.05) is 24.4 Å². The topological polar surface area (TPSA) is 111 Å². The first-order valence-corrected chi connectivity index (χ1v) is 15.6. The average molecular weight is 573 g/mol. The van der Waals surface area contributed by atoms with Crippen LogP contribution in [0.25, 0.3) is 17.1 Å². The highest BCUT2D eigenvalue weighted by Gasteiger charge is 2.36. The van der Waals surface area contributed by atoms with E-state index in [1.165, 1.54) is 0 Å². The van der Waals surface area contributed by atoms with Gasteiger partial charge < -0.3 is 10.1 Å². The summed E-state index contributed by atoms with van der Waals surface area (Å²) in [6.45, 7) is 1.89. The van der Waals surface area contributed by atoms with Crippen molar-refractivity contribution >= 4 is 27.6 Å². The summed E-state index contributed by atoms with van der Waals surface area (Å²) in [5.74, 6) is 0.760. The Kier molecular flexibility index (Phi) is 7.49. The van der Waals surface area contributed by atoms with E-state index in [9.17, 15) is 13.2 Å². The predicted molar refractivity (Wildman–Crippen MR) is 150 cm³/mol. The van der Waals surface area contributed by atoms with Gasteiger partial charge in [0.1, 0.15) is 0 Å². The molecule has 3 aliphatic rings. The van der Waals surface area contributed by atoms with Crippen molar-refractivity contribution in [3.05, 3.63) is 58.2 Å². The Balaban J connectivity index is 1.25. The lowest BCUT2D eigenvalue weighted by Crippen LogP contribution is -2.41. The molecule has 1 aromatic carbocycles. The van der Waals surface area contributed by atoms with Crippen LogP contribution in [0.5, 0.6) is 0 Å². The minimum Gasteiger partial charge on any atom is -0.381 e. The predicted octanol–water partition coefficient (Wildman–Crippen LogP) is 3.86. The van der Waals surface area contributed by atoms with Crippen LogP contribution in [0.4, 0.5) is 5.95 Å². The van der Waals surface area contributed by atoms with Crippen LogP contribution in [-0.4, -0.2) is 69.4 Å². The van der Waals surface area contributed by atoms with E-state index >= 15 is 0 Å². The van der Waals surface area contributed by atoms with Crippen molar-refractivity contribution in [2.24, 2.45) is 0 Å². The van der Waals surface area contributed by atoms with E-state index < -0.39 is 10.0 Å². The molecule has 12 heteroatoms. The highest BCUT2D eigenvalue weighted by molar-refractivity contribution is 7.89. The van der Waals surface area contributed by atoms with E-state index in [0.29, 0.717) is 47.8 Å². The van der Waals surface area contributed by atoms with Crippen molar-refractivity contribution < 1.29 is 13.2 Å². The lowest BCUT2D eigenvalue weighted by molar-refractivity contribution is 0.0686. The lowest BCUT2D eigenvalue weighted by atomic mass is 9.91. The largest absolute Gasteiger partial charge is 0.381 e. The molecule has 3 aromatic rings. The first kappa shape index (κ1) is 26.5. The van der Waals surface area contributed by atoms with Crippen molar-refractivity contribution in [2.75, 3.05) is 30.8 Å². The number of hydrogen-bond donors (Lipinski definition) is 1.